The second-order valence-electron chi connectivity index (χ2n) is 4.47. The van der Waals surface area contributed by atoms with Crippen molar-refractivity contribution in [3.8, 4) is 11.6 Å². The van der Waals surface area contributed by atoms with Gasteiger partial charge >= 0.3 is 0 Å². The molecule has 0 saturated carbocycles. The highest BCUT2D eigenvalue weighted by Gasteiger charge is 2.11. The number of aromatic hydroxyl groups is 1. The lowest BCUT2D eigenvalue weighted by Gasteiger charge is -2.19. The fourth-order valence-corrected chi connectivity index (χ4v) is 1.83. The third-order valence-corrected chi connectivity index (χ3v) is 2.82. The van der Waals surface area contributed by atoms with E-state index in [0.717, 1.165) is 17.1 Å². The van der Waals surface area contributed by atoms with E-state index in [-0.39, 0.29) is 5.75 Å². The average molecular weight is 274 g/mol. The zero-order valence-electron chi connectivity index (χ0n) is 11.8. The Morgan fingerprint density at radius 1 is 1.25 bits per heavy atom. The number of anilines is 2. The summed E-state index contributed by atoms with van der Waals surface area (Å²) in [5, 5.41) is 12.5. The van der Waals surface area contributed by atoms with Gasteiger partial charge in [-0.2, -0.15) is 0 Å². The first-order valence-corrected chi connectivity index (χ1v) is 6.20. The van der Waals surface area contributed by atoms with Crippen LogP contribution in [0.25, 0.3) is 0 Å². The van der Waals surface area contributed by atoms with Gasteiger partial charge in [-0.05, 0) is 18.2 Å². The minimum atomic E-state index is 0.154. The topological polar surface area (TPSA) is 70.5 Å². The smallest absolute Gasteiger partial charge is 0.239 e. The second-order valence-corrected chi connectivity index (χ2v) is 4.47. The molecule has 0 aliphatic heterocycles. The summed E-state index contributed by atoms with van der Waals surface area (Å²) >= 11 is 0. The first kappa shape index (κ1) is 13.9. The van der Waals surface area contributed by atoms with Crippen molar-refractivity contribution in [3.63, 3.8) is 0 Å². The highest BCUT2D eigenvalue weighted by molar-refractivity contribution is 5.74. The van der Waals surface area contributed by atoms with Crippen LogP contribution in [0.15, 0.2) is 30.6 Å². The van der Waals surface area contributed by atoms with E-state index < -0.39 is 0 Å². The molecule has 2 N–H and O–H groups in total. The van der Waals surface area contributed by atoms with Crippen molar-refractivity contribution >= 4 is 11.4 Å². The molecule has 2 aromatic heterocycles. The molecule has 0 bridgehead atoms. The van der Waals surface area contributed by atoms with Crippen LogP contribution in [0.3, 0.4) is 0 Å². The normalized spacial score (nSPS) is 10.2. The molecule has 0 radical (unpaired) electrons. The molecule has 0 unspecified atom stereocenters. The molecule has 106 valence electrons. The zero-order chi connectivity index (χ0) is 14.5. The number of hydrogen-bond acceptors (Lipinski definition) is 6. The van der Waals surface area contributed by atoms with Gasteiger partial charge in [-0.15, -0.1) is 0 Å². The van der Waals surface area contributed by atoms with Crippen LogP contribution < -0.4 is 15.0 Å². The molecule has 0 spiro atoms. The lowest BCUT2D eigenvalue weighted by atomic mass is 10.3. The number of rotatable bonds is 5. The number of ether oxygens (including phenoxy) is 1. The summed E-state index contributed by atoms with van der Waals surface area (Å²) in [6, 6.07) is 5.28. The maximum absolute atomic E-state index is 9.22. The molecule has 2 heterocycles. The largest absolute Gasteiger partial charge is 0.506 e. The van der Waals surface area contributed by atoms with Crippen molar-refractivity contribution in [2.75, 3.05) is 31.4 Å². The lowest BCUT2D eigenvalue weighted by Crippen LogP contribution is -2.13. The molecular weight excluding hydrogens is 256 g/mol. The summed E-state index contributed by atoms with van der Waals surface area (Å²) in [5.74, 6) is 0.691. The molecule has 0 aliphatic rings. The van der Waals surface area contributed by atoms with E-state index >= 15 is 0 Å². The lowest BCUT2D eigenvalue weighted by molar-refractivity contribution is 0.400. The van der Waals surface area contributed by atoms with Crippen LogP contribution in [-0.4, -0.2) is 36.3 Å². The van der Waals surface area contributed by atoms with Crippen LogP contribution in [0.1, 0.15) is 5.69 Å². The van der Waals surface area contributed by atoms with E-state index in [4.69, 9.17) is 4.74 Å². The Morgan fingerprint density at radius 2 is 2.05 bits per heavy atom. The van der Waals surface area contributed by atoms with Gasteiger partial charge < -0.3 is 20.1 Å². The Kier molecular flexibility index (Phi) is 4.24. The van der Waals surface area contributed by atoms with Crippen molar-refractivity contribution in [2.45, 2.75) is 6.54 Å². The van der Waals surface area contributed by atoms with Crippen LogP contribution in [-0.2, 0) is 6.54 Å². The number of hydrogen-bond donors (Lipinski definition) is 2. The fraction of sp³-hybridized carbons (Fsp3) is 0.286. The Labute approximate surface area is 118 Å². The van der Waals surface area contributed by atoms with Gasteiger partial charge in [0.25, 0.3) is 0 Å². The standard InChI is InChI=1S/C14H18N4O2/c1-18(2)12-6-7-15-14(20-3)13(12)17-8-10-4-5-11(19)9-16-10/h4-7,9,17,19H,8H2,1-3H3. The minimum Gasteiger partial charge on any atom is -0.506 e. The molecular formula is C14H18N4O2. The molecule has 6 nitrogen and oxygen atoms in total. The van der Waals surface area contributed by atoms with E-state index in [0.29, 0.717) is 12.4 Å². The van der Waals surface area contributed by atoms with Crippen molar-refractivity contribution < 1.29 is 9.84 Å². The van der Waals surface area contributed by atoms with Gasteiger partial charge in [0, 0.05) is 20.3 Å². The summed E-state index contributed by atoms with van der Waals surface area (Å²) in [6.07, 6.45) is 3.13. The van der Waals surface area contributed by atoms with Crippen LogP contribution in [0, 0.1) is 0 Å². The number of pyridine rings is 2. The summed E-state index contributed by atoms with van der Waals surface area (Å²) in [4.78, 5) is 10.3. The Hall–Kier alpha value is -2.50. The average Bonchev–Trinajstić information content (AvgIpc) is 2.46. The molecule has 0 aliphatic carbocycles. The van der Waals surface area contributed by atoms with Crippen LogP contribution in [0.2, 0.25) is 0 Å². The predicted molar refractivity (Wildman–Crippen MR) is 78.3 cm³/mol. The molecule has 20 heavy (non-hydrogen) atoms. The molecule has 2 rings (SSSR count). The predicted octanol–water partition coefficient (Wildman–Crippen LogP) is 1.87. The fourth-order valence-electron chi connectivity index (χ4n) is 1.83. The van der Waals surface area contributed by atoms with E-state index in [1.165, 1.54) is 6.20 Å². The monoisotopic (exact) mass is 274 g/mol. The highest BCUT2D eigenvalue weighted by atomic mass is 16.5. The van der Waals surface area contributed by atoms with Crippen LogP contribution in [0.5, 0.6) is 11.6 Å². The maximum Gasteiger partial charge on any atom is 0.239 e. The molecule has 0 amide bonds. The number of nitrogens with zero attached hydrogens (tertiary/aromatic N) is 3. The quantitative estimate of drug-likeness (QED) is 0.867. The van der Waals surface area contributed by atoms with Gasteiger partial charge in [-0.1, -0.05) is 0 Å². The third-order valence-electron chi connectivity index (χ3n) is 2.82. The van der Waals surface area contributed by atoms with Crippen molar-refractivity contribution in [1.29, 1.82) is 0 Å². The van der Waals surface area contributed by atoms with E-state index in [1.807, 2.05) is 25.1 Å². The number of methoxy groups -OCH3 is 1. The van der Waals surface area contributed by atoms with Crippen LogP contribution in [0.4, 0.5) is 11.4 Å². The molecule has 0 fully saturated rings. The van der Waals surface area contributed by atoms with Gasteiger partial charge in [0.1, 0.15) is 11.4 Å². The molecule has 0 saturated heterocycles. The summed E-state index contributed by atoms with van der Waals surface area (Å²) in [6.45, 7) is 0.517. The van der Waals surface area contributed by atoms with E-state index in [1.54, 1.807) is 25.4 Å². The number of nitrogens with one attached hydrogen (secondary N) is 1. The van der Waals surface area contributed by atoms with Gasteiger partial charge in [-0.3, -0.25) is 4.98 Å². The summed E-state index contributed by atoms with van der Waals surface area (Å²) < 4.78 is 5.28. The Morgan fingerprint density at radius 3 is 2.65 bits per heavy atom. The summed E-state index contributed by atoms with van der Waals surface area (Å²) in [5.41, 5.74) is 2.61. The van der Waals surface area contributed by atoms with Gasteiger partial charge in [0.05, 0.1) is 31.2 Å². The van der Waals surface area contributed by atoms with Crippen molar-refractivity contribution in [3.05, 3.63) is 36.3 Å². The molecule has 0 atom stereocenters. The highest BCUT2D eigenvalue weighted by Crippen LogP contribution is 2.32. The SMILES string of the molecule is COc1nccc(N(C)C)c1NCc1ccc(O)cn1. The van der Waals surface area contributed by atoms with Gasteiger partial charge in [0.2, 0.25) is 5.88 Å². The van der Waals surface area contributed by atoms with Gasteiger partial charge in [0.15, 0.2) is 0 Å². The van der Waals surface area contributed by atoms with Crippen LogP contribution >= 0.6 is 0 Å². The molecule has 6 heteroatoms. The first-order valence-electron chi connectivity index (χ1n) is 6.20. The van der Waals surface area contributed by atoms with E-state index in [2.05, 4.69) is 15.3 Å². The minimum absolute atomic E-state index is 0.154. The summed E-state index contributed by atoms with van der Waals surface area (Å²) in [7, 11) is 5.50. The third kappa shape index (κ3) is 3.09. The maximum atomic E-state index is 9.22. The molecule has 0 aromatic carbocycles. The Bertz CT molecular complexity index is 570. The Balaban J connectivity index is 2.21. The van der Waals surface area contributed by atoms with E-state index in [9.17, 15) is 5.11 Å². The zero-order valence-corrected chi connectivity index (χ0v) is 11.8. The van der Waals surface area contributed by atoms with Crippen molar-refractivity contribution in [2.24, 2.45) is 0 Å². The second kappa shape index (κ2) is 6.10. The first-order chi connectivity index (χ1) is 9.61. The molecule has 2 aromatic rings. The van der Waals surface area contributed by atoms with Crippen molar-refractivity contribution in [1.82, 2.24) is 9.97 Å². The number of aromatic nitrogens is 2. The van der Waals surface area contributed by atoms with Gasteiger partial charge in [-0.25, -0.2) is 4.98 Å².